The number of hydrogen-bond donors (Lipinski definition) is 1. The molecule has 1 heterocycles. The minimum absolute atomic E-state index is 0.336. The third-order valence-electron chi connectivity index (χ3n) is 2.58. The fourth-order valence-electron chi connectivity index (χ4n) is 1.57. The topological polar surface area (TPSA) is 47.0 Å². The Morgan fingerprint density at radius 3 is 2.95 bits per heavy atom. The van der Waals surface area contributed by atoms with E-state index in [2.05, 4.69) is 15.3 Å². The van der Waals surface area contributed by atoms with Crippen molar-refractivity contribution < 1.29 is 9.13 Å². The quantitative estimate of drug-likeness (QED) is 0.899. The Bertz CT molecular complexity index is 560. The molecule has 4 nitrogen and oxygen atoms in total. The first-order chi connectivity index (χ1) is 9.19. The van der Waals surface area contributed by atoms with Gasteiger partial charge in [0.15, 0.2) is 0 Å². The van der Waals surface area contributed by atoms with Crippen LogP contribution < -0.4 is 10.1 Å². The summed E-state index contributed by atoms with van der Waals surface area (Å²) in [6.45, 7) is 5.35. The smallest absolute Gasteiger partial charge is 0.238 e. The van der Waals surface area contributed by atoms with E-state index in [1.807, 2.05) is 13.8 Å². The van der Waals surface area contributed by atoms with Crippen LogP contribution in [0.1, 0.15) is 18.2 Å². The number of aromatic nitrogens is 2. The summed E-state index contributed by atoms with van der Waals surface area (Å²) in [4.78, 5) is 8.37. The summed E-state index contributed by atoms with van der Waals surface area (Å²) in [5.74, 6) is 0.483. The summed E-state index contributed by atoms with van der Waals surface area (Å²) in [5, 5.41) is 3.16. The van der Waals surface area contributed by atoms with Gasteiger partial charge in [-0.05, 0) is 25.1 Å². The molecule has 0 saturated carbocycles. The zero-order valence-electron chi connectivity index (χ0n) is 11.0. The van der Waals surface area contributed by atoms with Crippen LogP contribution in [0, 0.1) is 12.7 Å². The molecule has 1 aromatic carbocycles. The molecule has 0 amide bonds. The average Bonchev–Trinajstić information content (AvgIpc) is 2.41. The molecule has 0 saturated heterocycles. The molecule has 0 spiro atoms. The number of hydrogen-bond acceptors (Lipinski definition) is 4. The predicted molar refractivity (Wildman–Crippen MR) is 70.6 cm³/mol. The van der Waals surface area contributed by atoms with E-state index < -0.39 is 0 Å². The highest BCUT2D eigenvalue weighted by molar-refractivity contribution is 5.35. The number of aryl methyl sites for hydroxylation is 1. The Hall–Kier alpha value is -2.01. The molecule has 0 fully saturated rings. The van der Waals surface area contributed by atoms with Gasteiger partial charge < -0.3 is 10.1 Å². The Labute approximate surface area is 111 Å². The van der Waals surface area contributed by atoms with Gasteiger partial charge in [-0.15, -0.1) is 0 Å². The standard InChI is InChI=1S/C14H16FN3O/c1-3-16-7-12-8-17-9-14(18-12)19-13-6-11(15)5-4-10(13)2/h4-6,8-9,16H,3,7H2,1-2H3. The SMILES string of the molecule is CCNCc1cncc(Oc2cc(F)ccc2C)n1. The Balaban J connectivity index is 2.16. The van der Waals surface area contributed by atoms with E-state index in [9.17, 15) is 4.39 Å². The van der Waals surface area contributed by atoms with Crippen LogP contribution in [0.15, 0.2) is 30.6 Å². The number of ether oxygens (including phenoxy) is 1. The molecule has 0 unspecified atom stereocenters. The van der Waals surface area contributed by atoms with Crippen molar-refractivity contribution in [3.63, 3.8) is 0 Å². The maximum Gasteiger partial charge on any atom is 0.238 e. The van der Waals surface area contributed by atoms with Crippen molar-refractivity contribution in [1.29, 1.82) is 0 Å². The molecule has 2 aromatic rings. The largest absolute Gasteiger partial charge is 0.437 e. The van der Waals surface area contributed by atoms with Gasteiger partial charge in [0.05, 0.1) is 11.9 Å². The highest BCUT2D eigenvalue weighted by Crippen LogP contribution is 2.24. The molecule has 5 heteroatoms. The van der Waals surface area contributed by atoms with E-state index in [1.54, 1.807) is 12.3 Å². The molecule has 0 aliphatic rings. The lowest BCUT2D eigenvalue weighted by molar-refractivity contribution is 0.448. The number of rotatable bonds is 5. The number of halogens is 1. The van der Waals surface area contributed by atoms with Crippen LogP contribution in [0.4, 0.5) is 4.39 Å². The van der Waals surface area contributed by atoms with Crippen molar-refractivity contribution in [3.05, 3.63) is 47.7 Å². The second-order valence-electron chi connectivity index (χ2n) is 4.14. The van der Waals surface area contributed by atoms with Crippen LogP contribution in [0.5, 0.6) is 11.6 Å². The third kappa shape index (κ3) is 3.72. The molecule has 0 aliphatic heterocycles. The molecule has 100 valence electrons. The monoisotopic (exact) mass is 261 g/mol. The zero-order chi connectivity index (χ0) is 13.7. The van der Waals surface area contributed by atoms with Gasteiger partial charge in [-0.2, -0.15) is 0 Å². The molecule has 0 aliphatic carbocycles. The van der Waals surface area contributed by atoms with Gasteiger partial charge in [0.25, 0.3) is 0 Å². The molecule has 0 radical (unpaired) electrons. The number of benzene rings is 1. The van der Waals surface area contributed by atoms with Crippen LogP contribution >= 0.6 is 0 Å². The average molecular weight is 261 g/mol. The second kappa shape index (κ2) is 6.24. The van der Waals surface area contributed by atoms with Gasteiger partial charge in [0.1, 0.15) is 11.6 Å². The van der Waals surface area contributed by atoms with Gasteiger partial charge in [0.2, 0.25) is 5.88 Å². The van der Waals surface area contributed by atoms with Crippen LogP contribution in [-0.2, 0) is 6.54 Å². The zero-order valence-corrected chi connectivity index (χ0v) is 11.0. The highest BCUT2D eigenvalue weighted by atomic mass is 19.1. The lowest BCUT2D eigenvalue weighted by Crippen LogP contribution is -2.13. The van der Waals surface area contributed by atoms with Crippen LogP contribution in [0.3, 0.4) is 0 Å². The van der Waals surface area contributed by atoms with Crippen molar-refractivity contribution in [3.8, 4) is 11.6 Å². The van der Waals surface area contributed by atoms with E-state index in [4.69, 9.17) is 4.74 Å². The van der Waals surface area contributed by atoms with E-state index >= 15 is 0 Å². The Morgan fingerprint density at radius 1 is 1.32 bits per heavy atom. The van der Waals surface area contributed by atoms with Gasteiger partial charge in [-0.25, -0.2) is 9.37 Å². The molecule has 0 atom stereocenters. The summed E-state index contributed by atoms with van der Waals surface area (Å²) in [5.41, 5.74) is 1.63. The van der Waals surface area contributed by atoms with Crippen LogP contribution in [0.25, 0.3) is 0 Å². The maximum absolute atomic E-state index is 13.2. The molecule has 1 aromatic heterocycles. The number of nitrogens with zero attached hydrogens (tertiary/aromatic N) is 2. The summed E-state index contributed by atoms with van der Waals surface area (Å²) >= 11 is 0. The van der Waals surface area contributed by atoms with Crippen LogP contribution in [0.2, 0.25) is 0 Å². The van der Waals surface area contributed by atoms with E-state index in [0.717, 1.165) is 17.8 Å². The van der Waals surface area contributed by atoms with E-state index in [0.29, 0.717) is 18.2 Å². The third-order valence-corrected chi connectivity index (χ3v) is 2.58. The normalized spacial score (nSPS) is 10.5. The lowest BCUT2D eigenvalue weighted by Gasteiger charge is -2.08. The predicted octanol–water partition coefficient (Wildman–Crippen LogP) is 2.83. The van der Waals surface area contributed by atoms with Gasteiger partial charge in [0, 0.05) is 18.8 Å². The van der Waals surface area contributed by atoms with Gasteiger partial charge in [-0.1, -0.05) is 13.0 Å². The highest BCUT2D eigenvalue weighted by Gasteiger charge is 2.05. The molecule has 0 bridgehead atoms. The van der Waals surface area contributed by atoms with E-state index in [-0.39, 0.29) is 5.82 Å². The molecule has 1 N–H and O–H groups in total. The summed E-state index contributed by atoms with van der Waals surface area (Å²) < 4.78 is 18.7. The minimum atomic E-state index is -0.336. The minimum Gasteiger partial charge on any atom is -0.437 e. The molecule has 19 heavy (non-hydrogen) atoms. The van der Waals surface area contributed by atoms with Gasteiger partial charge in [-0.3, -0.25) is 4.98 Å². The Kier molecular flexibility index (Phi) is 4.41. The number of nitrogens with one attached hydrogen (secondary N) is 1. The second-order valence-corrected chi connectivity index (χ2v) is 4.14. The van der Waals surface area contributed by atoms with Gasteiger partial charge >= 0.3 is 0 Å². The fourth-order valence-corrected chi connectivity index (χ4v) is 1.57. The first kappa shape index (κ1) is 13.4. The summed E-state index contributed by atoms with van der Waals surface area (Å²) in [6.07, 6.45) is 3.19. The first-order valence-electron chi connectivity index (χ1n) is 6.14. The summed E-state index contributed by atoms with van der Waals surface area (Å²) in [6, 6.07) is 4.41. The van der Waals surface area contributed by atoms with E-state index in [1.165, 1.54) is 18.3 Å². The fraction of sp³-hybridized carbons (Fsp3) is 0.286. The van der Waals surface area contributed by atoms with Crippen molar-refractivity contribution in [2.45, 2.75) is 20.4 Å². The maximum atomic E-state index is 13.2. The molecule has 2 rings (SSSR count). The van der Waals surface area contributed by atoms with Crippen LogP contribution in [-0.4, -0.2) is 16.5 Å². The summed E-state index contributed by atoms with van der Waals surface area (Å²) in [7, 11) is 0. The Morgan fingerprint density at radius 2 is 2.16 bits per heavy atom. The van der Waals surface area contributed by atoms with Crippen molar-refractivity contribution in [2.24, 2.45) is 0 Å². The first-order valence-corrected chi connectivity index (χ1v) is 6.14. The molecular weight excluding hydrogens is 245 g/mol. The van der Waals surface area contributed by atoms with Crippen molar-refractivity contribution in [2.75, 3.05) is 6.54 Å². The molecular formula is C14H16FN3O. The van der Waals surface area contributed by atoms with Crippen molar-refractivity contribution >= 4 is 0 Å². The lowest BCUT2D eigenvalue weighted by atomic mass is 10.2. The van der Waals surface area contributed by atoms with Crippen molar-refractivity contribution in [1.82, 2.24) is 15.3 Å².